The van der Waals surface area contributed by atoms with E-state index in [9.17, 15) is 14.0 Å². The van der Waals surface area contributed by atoms with Crippen LogP contribution in [-0.4, -0.2) is 33.4 Å². The fraction of sp³-hybridized carbons (Fsp3) is 0.261. The van der Waals surface area contributed by atoms with Gasteiger partial charge in [-0.05, 0) is 35.6 Å². The molecule has 1 aromatic carbocycles. The normalized spacial score (nSPS) is 20.2. The largest absolute Gasteiger partial charge is 0.338 e. The summed E-state index contributed by atoms with van der Waals surface area (Å²) in [5, 5.41) is 0. The van der Waals surface area contributed by atoms with Crippen LogP contribution in [0.2, 0.25) is 0 Å². The number of carbonyl (C=O) groups is 1. The molecule has 5 rings (SSSR count). The highest BCUT2D eigenvalue weighted by molar-refractivity contribution is 5.94. The van der Waals surface area contributed by atoms with Gasteiger partial charge in [0.1, 0.15) is 5.82 Å². The molecular weight excluding hydrogens is 369 g/mol. The second kappa shape index (κ2) is 6.95. The van der Waals surface area contributed by atoms with E-state index in [4.69, 9.17) is 0 Å². The summed E-state index contributed by atoms with van der Waals surface area (Å²) in [6, 6.07) is 14.8. The maximum Gasteiger partial charge on any atom is 0.255 e. The smallest absolute Gasteiger partial charge is 0.255 e. The number of benzene rings is 1. The van der Waals surface area contributed by atoms with Crippen molar-refractivity contribution in [1.29, 1.82) is 0 Å². The van der Waals surface area contributed by atoms with Crippen molar-refractivity contribution in [3.05, 3.63) is 88.4 Å². The summed E-state index contributed by atoms with van der Waals surface area (Å²) >= 11 is 0. The van der Waals surface area contributed by atoms with Crippen molar-refractivity contribution in [2.75, 3.05) is 13.1 Å². The molecule has 2 aliphatic heterocycles. The van der Waals surface area contributed by atoms with Crippen molar-refractivity contribution >= 4 is 5.91 Å². The Hall–Kier alpha value is -3.28. The number of carbonyl (C=O) groups excluding carboxylic acids is 1. The van der Waals surface area contributed by atoms with E-state index in [0.29, 0.717) is 19.6 Å². The van der Waals surface area contributed by atoms with E-state index in [2.05, 4.69) is 11.1 Å². The third-order valence-electron chi connectivity index (χ3n) is 5.90. The number of hydrogen-bond acceptors (Lipinski definition) is 3. The van der Waals surface area contributed by atoms with Gasteiger partial charge in [-0.1, -0.05) is 30.3 Å². The predicted molar refractivity (Wildman–Crippen MR) is 107 cm³/mol. The Kier molecular flexibility index (Phi) is 4.27. The van der Waals surface area contributed by atoms with Gasteiger partial charge in [0.2, 0.25) is 0 Å². The molecular formula is C23H20FN3O2. The lowest BCUT2D eigenvalue weighted by atomic mass is 9.82. The Bertz CT molecular complexity index is 1140. The number of aromatic nitrogens is 2. The molecule has 1 fully saturated rings. The molecule has 2 atom stereocenters. The van der Waals surface area contributed by atoms with E-state index >= 15 is 0 Å². The fourth-order valence-electron chi connectivity index (χ4n) is 4.63. The van der Waals surface area contributed by atoms with Crippen LogP contribution in [0.1, 0.15) is 28.4 Å². The standard InChI is InChI=1S/C23H20FN3O2/c24-20-7-18(10-25-11-20)23(29)26-12-15-6-19(14-26)21-8-17(9-22(28)27(21)13-15)16-4-2-1-3-5-16/h1-5,7-11,15,19H,6,12-14H2/t15-,19+/m0/s1. The lowest BCUT2D eigenvalue weighted by Gasteiger charge is -2.43. The summed E-state index contributed by atoms with van der Waals surface area (Å²) in [5.74, 6) is -0.421. The summed E-state index contributed by atoms with van der Waals surface area (Å²) in [6.45, 7) is 1.69. The number of likely N-dealkylation sites (tertiary alicyclic amines) is 1. The number of pyridine rings is 2. The number of fused-ring (bicyclic) bond motifs is 4. The maximum atomic E-state index is 13.5. The number of nitrogens with zero attached hydrogens (tertiary/aromatic N) is 3. The first-order valence-corrected chi connectivity index (χ1v) is 9.78. The van der Waals surface area contributed by atoms with E-state index in [0.717, 1.165) is 29.4 Å². The Morgan fingerprint density at radius 1 is 1.00 bits per heavy atom. The highest BCUT2D eigenvalue weighted by Gasteiger charge is 2.37. The first-order valence-electron chi connectivity index (χ1n) is 9.78. The van der Waals surface area contributed by atoms with E-state index < -0.39 is 5.82 Å². The number of halogens is 1. The zero-order valence-electron chi connectivity index (χ0n) is 15.8. The van der Waals surface area contributed by atoms with Crippen molar-refractivity contribution < 1.29 is 9.18 Å². The summed E-state index contributed by atoms with van der Waals surface area (Å²) < 4.78 is 15.4. The molecule has 0 unspecified atom stereocenters. The quantitative estimate of drug-likeness (QED) is 0.676. The van der Waals surface area contributed by atoms with Crippen molar-refractivity contribution in [2.24, 2.45) is 5.92 Å². The summed E-state index contributed by atoms with van der Waals surface area (Å²) in [5.41, 5.74) is 3.15. The molecule has 6 heteroatoms. The molecule has 2 aromatic heterocycles. The number of rotatable bonds is 2. The topological polar surface area (TPSA) is 55.2 Å². The molecule has 0 N–H and O–H groups in total. The van der Waals surface area contributed by atoms with Crippen LogP contribution >= 0.6 is 0 Å². The second-order valence-electron chi connectivity index (χ2n) is 7.88. The van der Waals surface area contributed by atoms with Gasteiger partial charge in [-0.15, -0.1) is 0 Å². The van der Waals surface area contributed by atoms with Gasteiger partial charge in [0.05, 0.1) is 11.8 Å². The molecule has 0 radical (unpaired) electrons. The minimum Gasteiger partial charge on any atom is -0.338 e. The SMILES string of the molecule is O=C(c1cncc(F)c1)N1C[C@@H]2C[C@H](C1)c1cc(-c3ccccc3)cc(=O)n1C2. The summed E-state index contributed by atoms with van der Waals surface area (Å²) in [7, 11) is 0. The Morgan fingerprint density at radius 2 is 1.83 bits per heavy atom. The summed E-state index contributed by atoms with van der Waals surface area (Å²) in [6.07, 6.45) is 3.44. The van der Waals surface area contributed by atoms with Crippen molar-refractivity contribution in [3.8, 4) is 11.1 Å². The van der Waals surface area contributed by atoms with E-state index in [1.165, 1.54) is 12.3 Å². The predicted octanol–water partition coefficient (Wildman–Crippen LogP) is 3.31. The van der Waals surface area contributed by atoms with Gasteiger partial charge in [0.25, 0.3) is 11.5 Å². The Balaban J connectivity index is 1.49. The molecule has 2 aliphatic rings. The molecule has 29 heavy (non-hydrogen) atoms. The van der Waals surface area contributed by atoms with Gasteiger partial charge in [0, 0.05) is 43.5 Å². The third kappa shape index (κ3) is 3.24. The Labute approximate surface area is 167 Å². The highest BCUT2D eigenvalue weighted by Crippen LogP contribution is 2.37. The van der Waals surface area contributed by atoms with Crippen LogP contribution in [0.5, 0.6) is 0 Å². The first kappa shape index (κ1) is 17.8. The monoisotopic (exact) mass is 389 g/mol. The van der Waals surface area contributed by atoms with Gasteiger partial charge in [-0.3, -0.25) is 14.6 Å². The van der Waals surface area contributed by atoms with E-state index in [1.807, 2.05) is 34.9 Å². The van der Waals surface area contributed by atoms with Gasteiger partial charge in [-0.25, -0.2) is 4.39 Å². The number of hydrogen-bond donors (Lipinski definition) is 0. The molecule has 0 spiro atoms. The van der Waals surface area contributed by atoms with Gasteiger partial charge in [0.15, 0.2) is 0 Å². The van der Waals surface area contributed by atoms with Crippen LogP contribution in [0.25, 0.3) is 11.1 Å². The number of piperidine rings is 1. The molecule has 3 aromatic rings. The van der Waals surface area contributed by atoms with Crippen molar-refractivity contribution in [2.45, 2.75) is 18.9 Å². The summed E-state index contributed by atoms with van der Waals surface area (Å²) in [4.78, 5) is 31.3. The second-order valence-corrected chi connectivity index (χ2v) is 7.88. The highest BCUT2D eigenvalue weighted by atomic mass is 19.1. The molecule has 2 bridgehead atoms. The lowest BCUT2D eigenvalue weighted by molar-refractivity contribution is 0.0593. The maximum absolute atomic E-state index is 13.5. The van der Waals surface area contributed by atoms with Crippen LogP contribution in [0.15, 0.2) is 65.7 Å². The van der Waals surface area contributed by atoms with Crippen LogP contribution < -0.4 is 5.56 Å². The zero-order chi connectivity index (χ0) is 20.0. The van der Waals surface area contributed by atoms with Gasteiger partial charge in [-0.2, -0.15) is 0 Å². The van der Waals surface area contributed by atoms with E-state index in [-0.39, 0.29) is 28.9 Å². The van der Waals surface area contributed by atoms with Crippen LogP contribution in [-0.2, 0) is 6.54 Å². The van der Waals surface area contributed by atoms with E-state index in [1.54, 1.807) is 11.0 Å². The minimum atomic E-state index is -0.516. The van der Waals surface area contributed by atoms with Crippen LogP contribution in [0, 0.1) is 11.7 Å². The average molecular weight is 389 g/mol. The van der Waals surface area contributed by atoms with Crippen molar-refractivity contribution in [1.82, 2.24) is 14.5 Å². The molecule has 0 saturated carbocycles. The van der Waals surface area contributed by atoms with Gasteiger partial charge >= 0.3 is 0 Å². The zero-order valence-corrected chi connectivity index (χ0v) is 15.8. The fourth-order valence-corrected chi connectivity index (χ4v) is 4.63. The van der Waals surface area contributed by atoms with Gasteiger partial charge < -0.3 is 9.47 Å². The molecule has 0 aliphatic carbocycles. The minimum absolute atomic E-state index is 0.00478. The lowest BCUT2D eigenvalue weighted by Crippen LogP contribution is -2.49. The van der Waals surface area contributed by atoms with Crippen molar-refractivity contribution in [3.63, 3.8) is 0 Å². The first-order chi connectivity index (χ1) is 14.1. The van der Waals surface area contributed by atoms with Crippen LogP contribution in [0.4, 0.5) is 4.39 Å². The number of amides is 1. The van der Waals surface area contributed by atoms with Crippen LogP contribution in [0.3, 0.4) is 0 Å². The molecule has 1 saturated heterocycles. The average Bonchev–Trinajstić information content (AvgIpc) is 2.74. The third-order valence-corrected chi connectivity index (χ3v) is 5.90. The Morgan fingerprint density at radius 3 is 2.62 bits per heavy atom. The molecule has 4 heterocycles. The molecule has 146 valence electrons. The molecule has 5 nitrogen and oxygen atoms in total. The molecule has 1 amide bonds.